The van der Waals surface area contributed by atoms with Crippen LogP contribution in [0.4, 0.5) is 5.95 Å². The van der Waals surface area contributed by atoms with Crippen LogP contribution in [0.5, 0.6) is 5.75 Å². The molecule has 0 atom stereocenters. The molecule has 30 heavy (non-hydrogen) atoms. The molecular weight excluding hydrogens is 408 g/mol. The monoisotopic (exact) mass is 436 g/mol. The van der Waals surface area contributed by atoms with Crippen LogP contribution in [0.15, 0.2) is 24.3 Å². The highest BCUT2D eigenvalue weighted by atomic mass is 32.2. The molecule has 2 N–H and O–H groups in total. The number of carbonyl (C=O) groups is 1. The summed E-state index contributed by atoms with van der Waals surface area (Å²) in [5, 5.41) is 9.25. The number of rotatable bonds is 8. The quantitative estimate of drug-likeness (QED) is 0.651. The Morgan fingerprint density at radius 2 is 1.93 bits per heavy atom. The number of amides is 1. The van der Waals surface area contributed by atoms with Crippen molar-refractivity contribution in [3.05, 3.63) is 24.3 Å². The van der Waals surface area contributed by atoms with Crippen LogP contribution in [0, 0.1) is 5.92 Å². The van der Waals surface area contributed by atoms with E-state index in [2.05, 4.69) is 20.5 Å². The molecule has 10 heteroatoms. The van der Waals surface area contributed by atoms with Crippen molar-refractivity contribution in [2.24, 2.45) is 5.92 Å². The van der Waals surface area contributed by atoms with Crippen molar-refractivity contribution in [2.75, 3.05) is 31.4 Å². The second-order valence-electron chi connectivity index (χ2n) is 7.86. The Morgan fingerprint density at radius 1 is 1.27 bits per heavy atom. The summed E-state index contributed by atoms with van der Waals surface area (Å²) < 4.78 is 34.6. The van der Waals surface area contributed by atoms with Gasteiger partial charge in [0, 0.05) is 18.8 Å². The number of anilines is 1. The van der Waals surface area contributed by atoms with E-state index in [4.69, 9.17) is 9.47 Å². The van der Waals surface area contributed by atoms with Crippen molar-refractivity contribution in [1.82, 2.24) is 15.2 Å². The fourth-order valence-corrected chi connectivity index (χ4v) is 4.69. The van der Waals surface area contributed by atoms with Crippen LogP contribution < -0.4 is 10.1 Å². The maximum absolute atomic E-state index is 12.9. The van der Waals surface area contributed by atoms with Gasteiger partial charge >= 0.3 is 0 Å². The van der Waals surface area contributed by atoms with Gasteiger partial charge in [-0.2, -0.15) is 4.98 Å². The first-order valence-corrected chi connectivity index (χ1v) is 11.6. The highest BCUT2D eigenvalue weighted by molar-refractivity contribution is 7.93. The zero-order valence-electron chi connectivity index (χ0n) is 17.5. The van der Waals surface area contributed by atoms with Crippen LogP contribution in [0.1, 0.15) is 33.1 Å². The second kappa shape index (κ2) is 9.13. The van der Waals surface area contributed by atoms with Gasteiger partial charge in [0.05, 0.1) is 12.9 Å². The topological polar surface area (TPSA) is 123 Å². The Kier molecular flexibility index (Phi) is 6.77. The Morgan fingerprint density at radius 3 is 2.57 bits per heavy atom. The second-order valence-corrected chi connectivity index (χ2v) is 10.5. The van der Waals surface area contributed by atoms with E-state index >= 15 is 0 Å². The van der Waals surface area contributed by atoms with Gasteiger partial charge in [0.2, 0.25) is 11.9 Å². The summed E-state index contributed by atoms with van der Waals surface area (Å²) in [6, 6.07) is 7.17. The van der Waals surface area contributed by atoms with Crippen LogP contribution in [-0.4, -0.2) is 60.3 Å². The SMILES string of the molecule is COc1ccc(-c2nc(NC(=O)C(C)(C)S(=O)(=O)CCC3CCOCC3)n[nH]2)cc1. The first kappa shape index (κ1) is 22.2. The number of H-pyrrole nitrogens is 1. The minimum absolute atomic E-state index is 0.0264. The Labute approximate surface area is 176 Å². The average Bonchev–Trinajstić information content (AvgIpc) is 3.21. The third kappa shape index (κ3) is 4.99. The smallest absolute Gasteiger partial charge is 0.249 e. The number of aromatic nitrogens is 3. The average molecular weight is 437 g/mol. The summed E-state index contributed by atoms with van der Waals surface area (Å²) in [4.78, 5) is 17.0. The van der Waals surface area contributed by atoms with Crippen molar-refractivity contribution in [1.29, 1.82) is 0 Å². The molecule has 0 saturated carbocycles. The number of carbonyl (C=O) groups excluding carboxylic acids is 1. The van der Waals surface area contributed by atoms with Gasteiger partial charge in [0.25, 0.3) is 0 Å². The first-order valence-electron chi connectivity index (χ1n) is 9.91. The lowest BCUT2D eigenvalue weighted by Gasteiger charge is -2.26. The number of nitrogens with one attached hydrogen (secondary N) is 2. The lowest BCUT2D eigenvalue weighted by Crippen LogP contribution is -2.46. The molecule has 2 heterocycles. The standard InChI is InChI=1S/C20H28N4O5S/c1-20(2,30(26,27)13-10-14-8-11-29-12-9-14)18(25)22-19-21-17(23-24-19)15-4-6-16(28-3)7-5-15/h4-7,14H,8-13H2,1-3H3,(H2,21,22,23,24,25). The number of ether oxygens (including phenoxy) is 2. The number of methoxy groups -OCH3 is 1. The van der Waals surface area contributed by atoms with Gasteiger partial charge in [-0.15, -0.1) is 5.10 Å². The zero-order chi connectivity index (χ0) is 21.8. The van der Waals surface area contributed by atoms with Crippen LogP contribution in [0.3, 0.4) is 0 Å². The molecule has 0 spiro atoms. The van der Waals surface area contributed by atoms with Crippen molar-refractivity contribution >= 4 is 21.7 Å². The fourth-order valence-electron chi connectivity index (χ4n) is 3.20. The number of aromatic amines is 1. The van der Waals surface area contributed by atoms with Crippen molar-refractivity contribution in [2.45, 2.75) is 37.9 Å². The van der Waals surface area contributed by atoms with E-state index < -0.39 is 20.5 Å². The zero-order valence-corrected chi connectivity index (χ0v) is 18.3. The fraction of sp³-hybridized carbons (Fsp3) is 0.550. The molecule has 164 valence electrons. The Balaban J connectivity index is 1.64. The summed E-state index contributed by atoms with van der Waals surface area (Å²) in [7, 11) is -2.08. The third-order valence-corrected chi connectivity index (χ3v) is 8.05. The molecule has 1 aliphatic rings. The summed E-state index contributed by atoms with van der Waals surface area (Å²) in [5.41, 5.74) is 0.757. The van der Waals surface area contributed by atoms with E-state index in [9.17, 15) is 13.2 Å². The molecule has 1 aliphatic heterocycles. The van der Waals surface area contributed by atoms with E-state index in [0.29, 0.717) is 37.1 Å². The highest BCUT2D eigenvalue weighted by Crippen LogP contribution is 2.25. The molecule has 1 aromatic heterocycles. The third-order valence-electron chi connectivity index (χ3n) is 5.53. The number of benzene rings is 1. The summed E-state index contributed by atoms with van der Waals surface area (Å²) in [6.45, 7) is 4.16. The lowest BCUT2D eigenvalue weighted by atomic mass is 9.98. The van der Waals surface area contributed by atoms with Gasteiger partial charge in [0.1, 0.15) is 10.5 Å². The molecule has 0 unspecified atom stereocenters. The molecule has 0 bridgehead atoms. The van der Waals surface area contributed by atoms with Crippen LogP contribution in [0.2, 0.25) is 0 Å². The number of sulfone groups is 1. The van der Waals surface area contributed by atoms with E-state index in [-0.39, 0.29) is 11.7 Å². The summed E-state index contributed by atoms with van der Waals surface area (Å²) in [5.74, 6) is 0.803. The molecule has 0 aliphatic carbocycles. The number of hydrogen-bond donors (Lipinski definition) is 2. The molecular formula is C20H28N4O5S. The molecule has 9 nitrogen and oxygen atoms in total. The molecule has 2 aromatic rings. The maximum Gasteiger partial charge on any atom is 0.249 e. The van der Waals surface area contributed by atoms with Crippen LogP contribution in [-0.2, 0) is 19.4 Å². The number of hydrogen-bond acceptors (Lipinski definition) is 7. The van der Waals surface area contributed by atoms with Crippen molar-refractivity contribution in [3.8, 4) is 17.1 Å². The minimum Gasteiger partial charge on any atom is -0.497 e. The molecule has 0 radical (unpaired) electrons. The van der Waals surface area contributed by atoms with Crippen LogP contribution >= 0.6 is 0 Å². The largest absolute Gasteiger partial charge is 0.497 e. The predicted octanol–water partition coefficient (Wildman–Crippen LogP) is 2.43. The van der Waals surface area contributed by atoms with E-state index in [0.717, 1.165) is 18.4 Å². The lowest BCUT2D eigenvalue weighted by molar-refractivity contribution is -0.117. The Hall–Kier alpha value is -2.46. The van der Waals surface area contributed by atoms with Crippen LogP contribution in [0.25, 0.3) is 11.4 Å². The molecule has 1 amide bonds. The maximum atomic E-state index is 12.9. The van der Waals surface area contributed by atoms with Gasteiger partial charge in [-0.3, -0.25) is 15.2 Å². The summed E-state index contributed by atoms with van der Waals surface area (Å²) >= 11 is 0. The van der Waals surface area contributed by atoms with Gasteiger partial charge in [-0.05, 0) is 63.3 Å². The van der Waals surface area contributed by atoms with Gasteiger partial charge in [0.15, 0.2) is 15.7 Å². The van der Waals surface area contributed by atoms with E-state index in [1.165, 1.54) is 13.8 Å². The first-order chi connectivity index (χ1) is 14.2. The molecule has 1 fully saturated rings. The minimum atomic E-state index is -3.66. The van der Waals surface area contributed by atoms with Gasteiger partial charge in [-0.25, -0.2) is 8.42 Å². The highest BCUT2D eigenvalue weighted by Gasteiger charge is 2.42. The molecule has 3 rings (SSSR count). The van der Waals surface area contributed by atoms with Gasteiger partial charge < -0.3 is 9.47 Å². The predicted molar refractivity (Wildman–Crippen MR) is 113 cm³/mol. The van der Waals surface area contributed by atoms with E-state index in [1.54, 1.807) is 31.4 Å². The normalized spacial score (nSPS) is 15.7. The molecule has 1 aromatic carbocycles. The van der Waals surface area contributed by atoms with Crippen molar-refractivity contribution in [3.63, 3.8) is 0 Å². The van der Waals surface area contributed by atoms with Gasteiger partial charge in [-0.1, -0.05) is 0 Å². The number of nitrogens with zero attached hydrogens (tertiary/aromatic N) is 2. The Bertz CT molecular complexity index is 963. The van der Waals surface area contributed by atoms with E-state index in [1.807, 2.05) is 0 Å². The summed E-state index contributed by atoms with van der Waals surface area (Å²) in [6.07, 6.45) is 2.24. The van der Waals surface area contributed by atoms with Crippen molar-refractivity contribution < 1.29 is 22.7 Å². The molecule has 1 saturated heterocycles.